The first-order valence-corrected chi connectivity index (χ1v) is 29.5. The van der Waals surface area contributed by atoms with E-state index in [9.17, 15) is 0 Å². The fourth-order valence-electron chi connectivity index (χ4n) is 14.3. The predicted octanol–water partition coefficient (Wildman–Crippen LogP) is 18.8. The Morgan fingerprint density at radius 1 is 0.418 bits per heavy atom. The van der Waals surface area contributed by atoms with Crippen LogP contribution in [0.3, 0.4) is 0 Å². The molecule has 2 aliphatic carbocycles. The van der Waals surface area contributed by atoms with E-state index in [-0.39, 0.29) is 28.4 Å². The fraction of sp³-hybridized carbons (Fsp3) is 0.253. The minimum atomic E-state index is -0.467. The lowest BCUT2D eigenvalue weighted by molar-refractivity contribution is 0.572. The van der Waals surface area contributed by atoms with Gasteiger partial charge in [-0.2, -0.15) is 0 Å². The van der Waals surface area contributed by atoms with Crippen LogP contribution in [0.4, 0.5) is 34.1 Å². The molecule has 0 bridgehead atoms. The molecule has 4 aliphatic rings. The number of anilines is 6. The second-order valence-corrected chi connectivity index (χ2v) is 28.6. The van der Waals surface area contributed by atoms with Crippen molar-refractivity contribution in [1.29, 1.82) is 0 Å². The third kappa shape index (κ3) is 7.22. The van der Waals surface area contributed by atoms with Gasteiger partial charge in [-0.05, 0) is 184 Å². The summed E-state index contributed by atoms with van der Waals surface area (Å²) >= 11 is 2.02. The molecule has 1 spiro atoms. The topological polar surface area (TPSA) is 6.48 Å². The molecule has 0 amide bonds. The second-order valence-electron chi connectivity index (χ2n) is 27.5. The van der Waals surface area contributed by atoms with Gasteiger partial charge in [0.2, 0.25) is 0 Å². The van der Waals surface area contributed by atoms with Gasteiger partial charge in [0.1, 0.15) is 0 Å². The Hall–Kier alpha value is -7.40. The van der Waals surface area contributed by atoms with Crippen LogP contribution in [0.1, 0.15) is 139 Å². The molecule has 2 nitrogen and oxygen atoms in total. The van der Waals surface area contributed by atoms with Gasteiger partial charge in [-0.25, -0.2) is 0 Å². The number of thiophene rings is 1. The standard InChI is InChI=1S/C75H71BN2S/c1-44-26-32-49(33-27-44)77-63-40-46(67-58(73(9,10)11)24-19-25-59(67)74(12,13)14)28-37-62(63)76-68-64(77)38-45(2)39-65(68)78(50-34-29-47(30-35-50)71(3,4)5)69-55-42-54-53-36-31-48(72(6,7)8)41-60(53)75(61(54)43-66(55)79-70(69)76)56-22-17-15-20-51(56)52-21-16-18-23-57(52)75/h15-43H,1-14H3. The van der Waals surface area contributed by atoms with Gasteiger partial charge in [0.15, 0.2) is 0 Å². The highest BCUT2D eigenvalue weighted by atomic mass is 32.1. The highest BCUT2D eigenvalue weighted by Crippen LogP contribution is 2.64. The molecule has 79 heavy (non-hydrogen) atoms. The van der Waals surface area contributed by atoms with Crippen LogP contribution in [-0.4, -0.2) is 6.71 Å². The van der Waals surface area contributed by atoms with Crippen molar-refractivity contribution in [2.24, 2.45) is 0 Å². The highest BCUT2D eigenvalue weighted by molar-refractivity contribution is 7.33. The largest absolute Gasteiger partial charge is 0.311 e. The van der Waals surface area contributed by atoms with Crippen LogP contribution in [-0.2, 0) is 27.1 Å². The Labute approximate surface area is 473 Å². The summed E-state index contributed by atoms with van der Waals surface area (Å²) in [5.41, 5.74) is 30.9. The highest BCUT2D eigenvalue weighted by Gasteiger charge is 2.53. The Morgan fingerprint density at radius 2 is 0.962 bits per heavy atom. The number of hydrogen-bond donors (Lipinski definition) is 0. The van der Waals surface area contributed by atoms with E-state index in [0.717, 1.165) is 0 Å². The Morgan fingerprint density at radius 3 is 1.57 bits per heavy atom. The lowest BCUT2D eigenvalue weighted by Gasteiger charge is -2.43. The maximum Gasteiger partial charge on any atom is 0.264 e. The van der Waals surface area contributed by atoms with Crippen molar-refractivity contribution in [2.45, 2.75) is 124 Å². The minimum Gasteiger partial charge on any atom is -0.311 e. The summed E-state index contributed by atoms with van der Waals surface area (Å²) in [6, 6.07) is 69.5. The lowest BCUT2D eigenvalue weighted by Crippen LogP contribution is -2.60. The zero-order chi connectivity index (χ0) is 55.0. The van der Waals surface area contributed by atoms with Crippen LogP contribution in [0.5, 0.6) is 0 Å². The average molecular weight is 1040 g/mol. The Kier molecular flexibility index (Phi) is 10.6. The molecule has 3 heterocycles. The SMILES string of the molecule is Cc1ccc(N2c3cc(-c4c(C(C)(C)C)cccc4C(C)(C)C)ccc3B3c4sc5cc6c(cc5c4N(c4ccc(C(C)(C)C)cc4)c4cc(C)cc2c43)-c2ccc(C(C)(C)C)cc2C62c3ccccc3-c3ccccc32)cc1. The number of fused-ring (bicyclic) bond motifs is 16. The summed E-state index contributed by atoms with van der Waals surface area (Å²) in [6.45, 7) is 32.7. The fourth-order valence-corrected chi connectivity index (χ4v) is 15.7. The van der Waals surface area contributed by atoms with Gasteiger partial charge >= 0.3 is 0 Å². The molecule has 0 atom stereocenters. The van der Waals surface area contributed by atoms with Crippen molar-refractivity contribution in [1.82, 2.24) is 0 Å². The van der Waals surface area contributed by atoms with Crippen LogP contribution in [0, 0.1) is 13.8 Å². The zero-order valence-electron chi connectivity index (χ0n) is 48.6. The second kappa shape index (κ2) is 16.8. The number of aryl methyl sites for hydroxylation is 2. The maximum absolute atomic E-state index is 2.66. The molecule has 0 saturated heterocycles. The first kappa shape index (κ1) is 49.9. The van der Waals surface area contributed by atoms with Crippen molar-refractivity contribution in [3.05, 3.63) is 232 Å². The third-order valence-corrected chi connectivity index (χ3v) is 19.3. The first-order valence-electron chi connectivity index (χ1n) is 28.7. The van der Waals surface area contributed by atoms with Crippen LogP contribution in [0.2, 0.25) is 0 Å². The summed E-state index contributed by atoms with van der Waals surface area (Å²) in [7, 11) is 0. The van der Waals surface area contributed by atoms with E-state index in [1.807, 2.05) is 11.3 Å². The van der Waals surface area contributed by atoms with Crippen LogP contribution < -0.4 is 25.5 Å². The minimum absolute atomic E-state index is 0.0145. The van der Waals surface area contributed by atoms with Crippen molar-refractivity contribution in [2.75, 3.05) is 9.80 Å². The van der Waals surface area contributed by atoms with E-state index < -0.39 is 5.41 Å². The van der Waals surface area contributed by atoms with Crippen LogP contribution >= 0.6 is 11.3 Å². The third-order valence-electron chi connectivity index (χ3n) is 18.1. The molecule has 14 rings (SSSR count). The van der Waals surface area contributed by atoms with Gasteiger partial charge < -0.3 is 9.80 Å². The number of nitrogens with zero attached hydrogens (tertiary/aromatic N) is 2. The van der Waals surface area contributed by atoms with Gasteiger partial charge in [-0.1, -0.05) is 210 Å². The van der Waals surface area contributed by atoms with Crippen molar-refractivity contribution >= 4 is 78.0 Å². The van der Waals surface area contributed by atoms with E-state index in [0.29, 0.717) is 0 Å². The van der Waals surface area contributed by atoms with Crippen molar-refractivity contribution < 1.29 is 0 Å². The maximum atomic E-state index is 2.66. The molecule has 0 radical (unpaired) electrons. The van der Waals surface area contributed by atoms with Crippen LogP contribution in [0.25, 0.3) is 43.5 Å². The molecule has 390 valence electrons. The smallest absolute Gasteiger partial charge is 0.264 e. The summed E-state index contributed by atoms with van der Waals surface area (Å²) in [4.78, 5) is 5.26. The predicted molar refractivity (Wildman–Crippen MR) is 342 cm³/mol. The molecule has 0 fully saturated rings. The zero-order valence-corrected chi connectivity index (χ0v) is 49.4. The molecular formula is C75H71BN2S. The molecule has 0 unspecified atom stereocenters. The van der Waals surface area contributed by atoms with Crippen molar-refractivity contribution in [3.8, 4) is 33.4 Å². The summed E-state index contributed by atoms with van der Waals surface area (Å²) < 4.78 is 2.72. The van der Waals surface area contributed by atoms with Crippen molar-refractivity contribution in [3.63, 3.8) is 0 Å². The van der Waals surface area contributed by atoms with E-state index in [1.165, 1.54) is 149 Å². The Balaban J connectivity index is 1.10. The normalized spacial score (nSPS) is 14.7. The van der Waals surface area contributed by atoms with E-state index in [2.05, 4.69) is 283 Å². The van der Waals surface area contributed by atoms with Gasteiger partial charge in [0, 0.05) is 43.3 Å². The van der Waals surface area contributed by atoms with Gasteiger partial charge in [-0.15, -0.1) is 11.3 Å². The molecule has 4 heteroatoms. The van der Waals surface area contributed by atoms with E-state index in [1.54, 1.807) is 0 Å². The number of benzene rings is 9. The van der Waals surface area contributed by atoms with E-state index in [4.69, 9.17) is 0 Å². The summed E-state index contributed by atoms with van der Waals surface area (Å²) in [5.74, 6) is 0. The van der Waals surface area contributed by atoms with E-state index >= 15 is 0 Å². The Bertz CT molecular complexity index is 4120. The average Bonchev–Trinajstić information content (AvgIpc) is 2.17. The number of rotatable bonds is 3. The molecule has 9 aromatic carbocycles. The molecule has 1 aromatic heterocycles. The summed E-state index contributed by atoms with van der Waals surface area (Å²) in [6.07, 6.45) is 0. The van der Waals surface area contributed by atoms with Gasteiger partial charge in [0.25, 0.3) is 6.71 Å². The summed E-state index contributed by atoms with van der Waals surface area (Å²) in [5, 5.41) is 1.31. The molecule has 0 saturated carbocycles. The quantitative estimate of drug-likeness (QED) is 0.163. The lowest BCUT2D eigenvalue weighted by atomic mass is 9.36. The van der Waals surface area contributed by atoms with Crippen LogP contribution in [0.15, 0.2) is 176 Å². The molecular weight excluding hydrogens is 972 g/mol. The van der Waals surface area contributed by atoms with Gasteiger partial charge in [-0.3, -0.25) is 0 Å². The molecule has 10 aromatic rings. The monoisotopic (exact) mass is 1040 g/mol. The first-order chi connectivity index (χ1) is 37.5. The molecule has 2 aliphatic heterocycles. The number of hydrogen-bond acceptors (Lipinski definition) is 3. The van der Waals surface area contributed by atoms with Gasteiger partial charge in [0.05, 0.1) is 11.1 Å². The molecule has 0 N–H and O–H groups in total.